The fraction of sp³-hybridized carbons (Fsp3) is 0.250. The highest BCUT2D eigenvalue weighted by Crippen LogP contribution is 2.28. The van der Waals surface area contributed by atoms with Gasteiger partial charge in [0.15, 0.2) is 0 Å². The maximum atomic E-state index is 9.72. The Balaban J connectivity index is 2.13. The van der Waals surface area contributed by atoms with E-state index in [0.717, 1.165) is 5.56 Å². The molecule has 0 radical (unpaired) electrons. The van der Waals surface area contributed by atoms with Gasteiger partial charge in [0.2, 0.25) is 0 Å². The van der Waals surface area contributed by atoms with Crippen LogP contribution in [-0.4, -0.2) is 5.11 Å². The molecular formula is C16H17ClO2. The van der Waals surface area contributed by atoms with Gasteiger partial charge in [-0.2, -0.15) is 0 Å². The number of hydrogen-bond donors (Lipinski definition) is 1. The fourth-order valence-corrected chi connectivity index (χ4v) is 2.00. The first kappa shape index (κ1) is 13.9. The predicted octanol–water partition coefficient (Wildman–Crippen LogP) is 4.28. The van der Waals surface area contributed by atoms with Gasteiger partial charge in [-0.05, 0) is 37.6 Å². The van der Waals surface area contributed by atoms with E-state index in [1.54, 1.807) is 25.1 Å². The van der Waals surface area contributed by atoms with E-state index in [1.807, 2.05) is 12.1 Å². The number of benzene rings is 2. The van der Waals surface area contributed by atoms with Gasteiger partial charge in [-0.25, -0.2) is 0 Å². The zero-order valence-corrected chi connectivity index (χ0v) is 11.8. The summed E-state index contributed by atoms with van der Waals surface area (Å²) in [5, 5.41) is 10.3. The number of halogens is 1. The molecule has 2 rings (SSSR count). The summed E-state index contributed by atoms with van der Waals surface area (Å²) < 4.78 is 5.76. The standard InChI is InChI=1S/C16H17ClO2/c1-11-3-5-13(6-4-11)10-19-16-8-7-14(17)9-15(16)12(2)18/h3-9,12,18H,10H2,1-2H3. The quantitative estimate of drug-likeness (QED) is 0.903. The van der Waals surface area contributed by atoms with Crippen LogP contribution in [0.5, 0.6) is 5.75 Å². The first-order valence-corrected chi connectivity index (χ1v) is 6.60. The van der Waals surface area contributed by atoms with Crippen molar-refractivity contribution in [2.24, 2.45) is 0 Å². The van der Waals surface area contributed by atoms with Crippen molar-refractivity contribution >= 4 is 11.6 Å². The first-order chi connectivity index (χ1) is 9.06. The summed E-state index contributed by atoms with van der Waals surface area (Å²) in [5.74, 6) is 0.667. The van der Waals surface area contributed by atoms with Crippen molar-refractivity contribution in [3.63, 3.8) is 0 Å². The van der Waals surface area contributed by atoms with Crippen LogP contribution in [-0.2, 0) is 6.61 Å². The smallest absolute Gasteiger partial charge is 0.125 e. The third kappa shape index (κ3) is 3.72. The summed E-state index contributed by atoms with van der Waals surface area (Å²) in [4.78, 5) is 0. The summed E-state index contributed by atoms with van der Waals surface area (Å²) >= 11 is 5.93. The second-order valence-electron chi connectivity index (χ2n) is 4.63. The van der Waals surface area contributed by atoms with Crippen LogP contribution in [0.15, 0.2) is 42.5 Å². The molecule has 0 aliphatic rings. The van der Waals surface area contributed by atoms with Gasteiger partial charge in [0, 0.05) is 10.6 Å². The Hall–Kier alpha value is -1.51. The van der Waals surface area contributed by atoms with Crippen LogP contribution in [0.1, 0.15) is 29.7 Å². The van der Waals surface area contributed by atoms with E-state index in [9.17, 15) is 5.11 Å². The summed E-state index contributed by atoms with van der Waals surface area (Å²) in [5.41, 5.74) is 3.02. The number of aliphatic hydroxyl groups is 1. The van der Waals surface area contributed by atoms with Gasteiger partial charge >= 0.3 is 0 Å². The molecule has 2 nitrogen and oxygen atoms in total. The Labute approximate surface area is 118 Å². The molecule has 2 aromatic carbocycles. The van der Waals surface area contributed by atoms with Gasteiger partial charge in [-0.15, -0.1) is 0 Å². The second-order valence-corrected chi connectivity index (χ2v) is 5.07. The topological polar surface area (TPSA) is 29.5 Å². The van der Waals surface area contributed by atoms with E-state index >= 15 is 0 Å². The van der Waals surface area contributed by atoms with Gasteiger partial charge in [-0.3, -0.25) is 0 Å². The number of aryl methyl sites for hydroxylation is 1. The third-order valence-electron chi connectivity index (χ3n) is 2.94. The Bertz CT molecular complexity index is 547. The van der Waals surface area contributed by atoms with Crippen LogP contribution in [0, 0.1) is 6.92 Å². The van der Waals surface area contributed by atoms with Crippen LogP contribution < -0.4 is 4.74 Å². The molecule has 1 atom stereocenters. The molecule has 19 heavy (non-hydrogen) atoms. The minimum absolute atomic E-state index is 0.474. The Kier molecular flexibility index (Phi) is 4.46. The molecule has 0 heterocycles. The molecule has 0 amide bonds. The Morgan fingerprint density at radius 3 is 2.47 bits per heavy atom. The molecule has 0 aliphatic heterocycles. The average Bonchev–Trinajstić information content (AvgIpc) is 2.39. The van der Waals surface area contributed by atoms with E-state index < -0.39 is 6.10 Å². The zero-order chi connectivity index (χ0) is 13.8. The minimum Gasteiger partial charge on any atom is -0.489 e. The average molecular weight is 277 g/mol. The van der Waals surface area contributed by atoms with E-state index in [4.69, 9.17) is 16.3 Å². The molecule has 0 aromatic heterocycles. The van der Waals surface area contributed by atoms with Crippen LogP contribution in [0.4, 0.5) is 0 Å². The Morgan fingerprint density at radius 2 is 1.84 bits per heavy atom. The first-order valence-electron chi connectivity index (χ1n) is 6.22. The van der Waals surface area contributed by atoms with E-state index in [0.29, 0.717) is 22.9 Å². The largest absolute Gasteiger partial charge is 0.489 e. The summed E-state index contributed by atoms with van der Waals surface area (Å²) in [7, 11) is 0. The maximum Gasteiger partial charge on any atom is 0.125 e. The van der Waals surface area contributed by atoms with Crippen LogP contribution >= 0.6 is 11.6 Å². The number of ether oxygens (including phenoxy) is 1. The summed E-state index contributed by atoms with van der Waals surface area (Å²) in [6.45, 7) is 4.22. The SMILES string of the molecule is Cc1ccc(COc2ccc(Cl)cc2C(C)O)cc1. The molecule has 0 saturated heterocycles. The fourth-order valence-electron chi connectivity index (χ4n) is 1.82. The molecule has 1 N–H and O–H groups in total. The molecule has 0 bridgehead atoms. The van der Waals surface area contributed by atoms with Crippen molar-refractivity contribution in [1.82, 2.24) is 0 Å². The molecule has 0 spiro atoms. The lowest BCUT2D eigenvalue weighted by Gasteiger charge is -2.14. The highest BCUT2D eigenvalue weighted by atomic mass is 35.5. The van der Waals surface area contributed by atoms with Gasteiger partial charge in [0.05, 0.1) is 6.10 Å². The molecule has 3 heteroatoms. The van der Waals surface area contributed by atoms with Gasteiger partial charge in [0.1, 0.15) is 12.4 Å². The van der Waals surface area contributed by atoms with Crippen LogP contribution in [0.2, 0.25) is 5.02 Å². The van der Waals surface area contributed by atoms with Gasteiger partial charge in [-0.1, -0.05) is 41.4 Å². The van der Waals surface area contributed by atoms with E-state index in [2.05, 4.69) is 19.1 Å². The highest BCUT2D eigenvalue weighted by molar-refractivity contribution is 6.30. The maximum absolute atomic E-state index is 9.72. The zero-order valence-electron chi connectivity index (χ0n) is 11.1. The predicted molar refractivity (Wildman–Crippen MR) is 77.6 cm³/mol. The molecule has 100 valence electrons. The third-order valence-corrected chi connectivity index (χ3v) is 3.17. The lowest BCUT2D eigenvalue weighted by Crippen LogP contribution is -2.01. The number of rotatable bonds is 4. The van der Waals surface area contributed by atoms with Crippen LogP contribution in [0.3, 0.4) is 0 Å². The van der Waals surface area contributed by atoms with Crippen LogP contribution in [0.25, 0.3) is 0 Å². The molecule has 2 aromatic rings. The van der Waals surface area contributed by atoms with E-state index in [-0.39, 0.29) is 0 Å². The monoisotopic (exact) mass is 276 g/mol. The highest BCUT2D eigenvalue weighted by Gasteiger charge is 2.10. The molecular weight excluding hydrogens is 260 g/mol. The van der Waals surface area contributed by atoms with Gasteiger partial charge in [0.25, 0.3) is 0 Å². The molecule has 1 unspecified atom stereocenters. The van der Waals surface area contributed by atoms with Crippen molar-refractivity contribution in [2.75, 3.05) is 0 Å². The van der Waals surface area contributed by atoms with Crippen molar-refractivity contribution < 1.29 is 9.84 Å². The van der Waals surface area contributed by atoms with Gasteiger partial charge < -0.3 is 9.84 Å². The molecule has 0 aliphatic carbocycles. The number of aliphatic hydroxyl groups excluding tert-OH is 1. The van der Waals surface area contributed by atoms with Crippen molar-refractivity contribution in [1.29, 1.82) is 0 Å². The Morgan fingerprint density at radius 1 is 1.16 bits per heavy atom. The summed E-state index contributed by atoms with van der Waals surface area (Å²) in [6, 6.07) is 13.5. The molecule has 0 saturated carbocycles. The number of hydrogen-bond acceptors (Lipinski definition) is 2. The lowest BCUT2D eigenvalue weighted by atomic mass is 10.1. The van der Waals surface area contributed by atoms with Crippen molar-refractivity contribution in [3.05, 3.63) is 64.2 Å². The van der Waals surface area contributed by atoms with E-state index in [1.165, 1.54) is 5.56 Å². The second kappa shape index (κ2) is 6.09. The van der Waals surface area contributed by atoms with Crippen molar-refractivity contribution in [3.8, 4) is 5.75 Å². The summed E-state index contributed by atoms with van der Waals surface area (Å²) in [6.07, 6.45) is -0.605. The minimum atomic E-state index is -0.605. The normalized spacial score (nSPS) is 12.2. The van der Waals surface area contributed by atoms with Crippen molar-refractivity contribution in [2.45, 2.75) is 26.6 Å². The molecule has 0 fully saturated rings. The lowest BCUT2D eigenvalue weighted by molar-refractivity contribution is 0.190.